The number of methoxy groups -OCH3 is 1. The van der Waals surface area contributed by atoms with Gasteiger partial charge in [0.2, 0.25) is 5.76 Å². The van der Waals surface area contributed by atoms with Crippen molar-refractivity contribution in [1.29, 1.82) is 0 Å². The lowest BCUT2D eigenvalue weighted by molar-refractivity contribution is 0.0486. The smallest absolute Gasteiger partial charge is 0.291 e. The number of ether oxygens (including phenoxy) is 3. The number of nitrogens with zero attached hydrogens (tertiary/aromatic N) is 1. The first kappa shape index (κ1) is 22.0. The van der Waals surface area contributed by atoms with E-state index in [9.17, 15) is 9.59 Å². The number of amides is 1. The summed E-state index contributed by atoms with van der Waals surface area (Å²) in [5.41, 5.74) is 1.27. The van der Waals surface area contributed by atoms with E-state index in [2.05, 4.69) is 15.9 Å². The Hall–Kier alpha value is -2.84. The normalized spacial score (nSPS) is 19.8. The second-order valence-electron chi connectivity index (χ2n) is 8.15. The van der Waals surface area contributed by atoms with Gasteiger partial charge in [0, 0.05) is 17.6 Å². The molecule has 3 heterocycles. The number of carbonyl (C=O) groups excluding carboxylic acids is 1. The fourth-order valence-corrected chi connectivity index (χ4v) is 5.03. The molecular weight excluding hydrogens is 490 g/mol. The third-order valence-electron chi connectivity index (χ3n) is 6.16. The van der Waals surface area contributed by atoms with E-state index in [4.69, 9.17) is 18.6 Å². The van der Waals surface area contributed by atoms with E-state index in [-0.39, 0.29) is 23.2 Å². The van der Waals surface area contributed by atoms with E-state index in [0.29, 0.717) is 47.8 Å². The van der Waals surface area contributed by atoms with Crippen molar-refractivity contribution >= 4 is 32.8 Å². The molecule has 7 nitrogen and oxygen atoms in total. The summed E-state index contributed by atoms with van der Waals surface area (Å²) >= 11 is 3.43. The van der Waals surface area contributed by atoms with Gasteiger partial charge in [-0.25, -0.2) is 0 Å². The van der Waals surface area contributed by atoms with Gasteiger partial charge in [-0.15, -0.1) is 0 Å². The minimum absolute atomic E-state index is 0.0750. The van der Waals surface area contributed by atoms with Crippen LogP contribution in [0.15, 0.2) is 50.1 Å². The molecule has 8 heteroatoms. The van der Waals surface area contributed by atoms with Crippen LogP contribution < -0.4 is 14.9 Å². The molecule has 0 saturated carbocycles. The van der Waals surface area contributed by atoms with Crippen LogP contribution in [0.5, 0.6) is 11.5 Å². The Morgan fingerprint density at radius 3 is 2.73 bits per heavy atom. The lowest BCUT2D eigenvalue weighted by Crippen LogP contribution is -2.36. The molecule has 0 radical (unpaired) electrons. The van der Waals surface area contributed by atoms with E-state index < -0.39 is 6.04 Å². The standard InChI is InChI=1S/C25H24BrNO6/c1-3-31-19-8-6-14(11-20(19)30-2)22-21-23(28)17-12-15(26)7-9-18(17)33-24(21)25(29)27(22)13-16-5-4-10-32-16/h6-9,11-12,16,22H,3-5,10,13H2,1-2H3. The highest BCUT2D eigenvalue weighted by atomic mass is 79.9. The molecule has 2 aromatic carbocycles. The Morgan fingerprint density at radius 2 is 2.00 bits per heavy atom. The van der Waals surface area contributed by atoms with Crippen LogP contribution in [-0.2, 0) is 4.74 Å². The molecule has 3 aromatic rings. The Bertz CT molecular complexity index is 1280. The lowest BCUT2D eigenvalue weighted by atomic mass is 9.97. The van der Waals surface area contributed by atoms with Gasteiger partial charge in [0.05, 0.1) is 36.8 Å². The second kappa shape index (κ2) is 8.83. The summed E-state index contributed by atoms with van der Waals surface area (Å²) in [5, 5.41) is 0.429. The van der Waals surface area contributed by atoms with Gasteiger partial charge in [0.1, 0.15) is 5.58 Å². The molecule has 2 atom stereocenters. The maximum Gasteiger partial charge on any atom is 0.291 e. The van der Waals surface area contributed by atoms with Gasteiger partial charge in [-0.05, 0) is 55.7 Å². The largest absolute Gasteiger partial charge is 0.493 e. The van der Waals surface area contributed by atoms with Gasteiger partial charge < -0.3 is 23.5 Å². The van der Waals surface area contributed by atoms with Crippen molar-refractivity contribution < 1.29 is 23.4 Å². The van der Waals surface area contributed by atoms with E-state index in [0.717, 1.165) is 22.9 Å². The van der Waals surface area contributed by atoms with Gasteiger partial charge in [0.15, 0.2) is 16.9 Å². The summed E-state index contributed by atoms with van der Waals surface area (Å²) in [5.74, 6) is 0.930. The van der Waals surface area contributed by atoms with Crippen LogP contribution in [0.25, 0.3) is 11.0 Å². The minimum atomic E-state index is -0.610. The van der Waals surface area contributed by atoms with Crippen LogP contribution in [0, 0.1) is 0 Å². The third-order valence-corrected chi connectivity index (χ3v) is 6.65. The summed E-state index contributed by atoms with van der Waals surface area (Å²) in [6.45, 7) is 3.45. The van der Waals surface area contributed by atoms with Crippen molar-refractivity contribution in [2.24, 2.45) is 0 Å². The van der Waals surface area contributed by atoms with Gasteiger partial charge in [-0.3, -0.25) is 9.59 Å². The molecule has 0 bridgehead atoms. The molecule has 1 saturated heterocycles. The van der Waals surface area contributed by atoms with Crippen LogP contribution >= 0.6 is 15.9 Å². The summed E-state index contributed by atoms with van der Waals surface area (Å²) in [6, 6.07) is 10.1. The van der Waals surface area contributed by atoms with Crippen LogP contribution in [0.3, 0.4) is 0 Å². The molecule has 2 aliphatic heterocycles. The van der Waals surface area contributed by atoms with Crippen molar-refractivity contribution in [2.45, 2.75) is 31.9 Å². The zero-order valence-electron chi connectivity index (χ0n) is 18.4. The van der Waals surface area contributed by atoms with Crippen molar-refractivity contribution in [3.8, 4) is 11.5 Å². The quantitative estimate of drug-likeness (QED) is 0.475. The molecular formula is C25H24BrNO6. The Kier molecular flexibility index (Phi) is 5.88. The molecule has 0 N–H and O–H groups in total. The fraction of sp³-hybridized carbons (Fsp3) is 0.360. The highest BCUT2D eigenvalue weighted by molar-refractivity contribution is 9.10. The highest BCUT2D eigenvalue weighted by Crippen LogP contribution is 2.41. The first-order chi connectivity index (χ1) is 16.0. The predicted octanol–water partition coefficient (Wildman–Crippen LogP) is 4.69. The molecule has 1 fully saturated rings. The van der Waals surface area contributed by atoms with Crippen molar-refractivity contribution in [2.75, 3.05) is 26.9 Å². The number of hydrogen-bond acceptors (Lipinski definition) is 6. The molecule has 1 aromatic heterocycles. The molecule has 0 spiro atoms. The molecule has 33 heavy (non-hydrogen) atoms. The lowest BCUT2D eigenvalue weighted by Gasteiger charge is -2.28. The number of benzene rings is 2. The van der Waals surface area contributed by atoms with Crippen molar-refractivity contribution in [1.82, 2.24) is 4.90 Å². The third kappa shape index (κ3) is 3.81. The number of rotatable bonds is 6. The van der Waals surface area contributed by atoms with Gasteiger partial charge in [-0.2, -0.15) is 0 Å². The van der Waals surface area contributed by atoms with Gasteiger partial charge >= 0.3 is 0 Å². The van der Waals surface area contributed by atoms with Crippen molar-refractivity contribution in [3.63, 3.8) is 0 Å². The monoisotopic (exact) mass is 513 g/mol. The number of fused-ring (bicyclic) bond motifs is 2. The summed E-state index contributed by atoms with van der Waals surface area (Å²) in [4.78, 5) is 28.9. The SMILES string of the molecule is CCOc1ccc(C2c3c(oc4ccc(Br)cc4c3=O)C(=O)N2CC2CCCO2)cc1OC. The zero-order valence-corrected chi connectivity index (χ0v) is 20.0. The second-order valence-corrected chi connectivity index (χ2v) is 9.07. The molecule has 172 valence electrons. The maximum absolute atomic E-state index is 13.7. The molecule has 2 unspecified atom stereocenters. The van der Waals surface area contributed by atoms with Gasteiger partial charge in [0.25, 0.3) is 5.91 Å². The molecule has 0 aliphatic carbocycles. The van der Waals surface area contributed by atoms with E-state index in [1.807, 2.05) is 25.1 Å². The van der Waals surface area contributed by atoms with Crippen molar-refractivity contribution in [3.05, 3.63) is 68.0 Å². The van der Waals surface area contributed by atoms with Crippen LogP contribution in [0.4, 0.5) is 0 Å². The van der Waals surface area contributed by atoms with E-state index >= 15 is 0 Å². The predicted molar refractivity (Wildman–Crippen MR) is 126 cm³/mol. The molecule has 1 amide bonds. The summed E-state index contributed by atoms with van der Waals surface area (Å²) in [6.07, 6.45) is 1.75. The highest BCUT2D eigenvalue weighted by Gasteiger charge is 2.44. The van der Waals surface area contributed by atoms with Crippen LogP contribution in [-0.4, -0.2) is 43.8 Å². The molecule has 5 rings (SSSR count). The average molecular weight is 514 g/mol. The minimum Gasteiger partial charge on any atom is -0.493 e. The Labute approximate surface area is 199 Å². The molecule has 2 aliphatic rings. The van der Waals surface area contributed by atoms with Gasteiger partial charge in [-0.1, -0.05) is 22.0 Å². The first-order valence-corrected chi connectivity index (χ1v) is 11.8. The summed E-state index contributed by atoms with van der Waals surface area (Å²) < 4.78 is 23.8. The van der Waals surface area contributed by atoms with E-state index in [1.54, 1.807) is 30.2 Å². The fourth-order valence-electron chi connectivity index (χ4n) is 4.66. The zero-order chi connectivity index (χ0) is 23.1. The number of hydrogen-bond donors (Lipinski definition) is 0. The maximum atomic E-state index is 13.7. The summed E-state index contributed by atoms with van der Waals surface area (Å²) in [7, 11) is 1.57. The van der Waals surface area contributed by atoms with Crippen LogP contribution in [0.2, 0.25) is 0 Å². The van der Waals surface area contributed by atoms with E-state index in [1.165, 1.54) is 0 Å². The topological polar surface area (TPSA) is 78.2 Å². The Morgan fingerprint density at radius 1 is 1.15 bits per heavy atom. The first-order valence-electron chi connectivity index (χ1n) is 11.0. The number of carbonyl (C=O) groups is 1. The Balaban J connectivity index is 1.69. The average Bonchev–Trinajstić information content (AvgIpc) is 3.42. The van der Waals surface area contributed by atoms with Crippen LogP contribution in [0.1, 0.15) is 47.5 Å². The number of halogens is 1.